The molecule has 316 valence electrons. The fraction of sp³-hybridized carbons (Fsp3) is 0.825. The third kappa shape index (κ3) is 15.3. The fourth-order valence-corrected chi connectivity index (χ4v) is 7.16. The molecule has 0 aromatic heterocycles. The highest BCUT2D eigenvalue weighted by Crippen LogP contribution is 2.33. The summed E-state index contributed by atoms with van der Waals surface area (Å²) >= 11 is 0. The molecule has 0 unspecified atom stereocenters. The number of ether oxygens (including phenoxy) is 3. The highest BCUT2D eigenvalue weighted by atomic mass is 16.7. The van der Waals surface area contributed by atoms with Gasteiger partial charge in [-0.15, -0.1) is 0 Å². The van der Waals surface area contributed by atoms with Crippen LogP contribution in [0.3, 0.4) is 0 Å². The summed E-state index contributed by atoms with van der Waals surface area (Å²) in [4.78, 5) is 12.5. The Morgan fingerprint density at radius 1 is 0.722 bits per heavy atom. The molecule has 17 atom stereocenters. The third-order valence-electron chi connectivity index (χ3n) is 10.7. The van der Waals surface area contributed by atoms with Crippen LogP contribution in [0.4, 0.5) is 0 Å². The van der Waals surface area contributed by atoms with Crippen molar-refractivity contribution in [3.63, 3.8) is 0 Å². The van der Waals surface area contributed by atoms with E-state index >= 15 is 0 Å². The molecular weight excluding hydrogens is 704 g/mol. The Bertz CT molecular complexity index is 1190. The molecular formula is C40H72O14. The minimum Gasteiger partial charge on any atom is -0.459 e. The smallest absolute Gasteiger partial charge is 0.333 e. The van der Waals surface area contributed by atoms with Gasteiger partial charge < -0.3 is 65.3 Å². The van der Waals surface area contributed by atoms with Crippen molar-refractivity contribution >= 4 is 5.97 Å². The van der Waals surface area contributed by atoms with Gasteiger partial charge in [0.1, 0.15) is 49.3 Å². The summed E-state index contributed by atoms with van der Waals surface area (Å²) in [7, 11) is 0. The molecule has 54 heavy (non-hydrogen) atoms. The molecule has 14 nitrogen and oxygen atoms in total. The Kier molecular flexibility index (Phi) is 22.4. The van der Waals surface area contributed by atoms with Crippen molar-refractivity contribution in [3.05, 3.63) is 34.9 Å². The van der Waals surface area contributed by atoms with Gasteiger partial charge in [-0.2, -0.15) is 0 Å². The van der Waals surface area contributed by atoms with Crippen molar-refractivity contribution < 1.29 is 70.1 Å². The maximum Gasteiger partial charge on any atom is 0.333 e. The zero-order valence-corrected chi connectivity index (χ0v) is 33.9. The van der Waals surface area contributed by atoms with Crippen molar-refractivity contribution in [2.45, 2.75) is 156 Å². The van der Waals surface area contributed by atoms with Gasteiger partial charge in [0.2, 0.25) is 0 Å². The molecule has 1 rings (SSSR count). The Morgan fingerprint density at radius 2 is 1.26 bits per heavy atom. The van der Waals surface area contributed by atoms with Crippen LogP contribution in [0.25, 0.3) is 0 Å². The van der Waals surface area contributed by atoms with Crippen LogP contribution >= 0.6 is 0 Å². The topological polar surface area (TPSA) is 247 Å². The van der Waals surface area contributed by atoms with E-state index in [-0.39, 0.29) is 17.4 Å². The van der Waals surface area contributed by atoms with E-state index in [0.717, 1.165) is 19.3 Å². The molecule has 0 amide bonds. The molecule has 10 N–H and O–H groups in total. The van der Waals surface area contributed by atoms with Crippen LogP contribution in [-0.2, 0) is 19.0 Å². The number of hydrogen-bond donors (Lipinski definition) is 10. The number of aliphatic hydroxyl groups is 10. The van der Waals surface area contributed by atoms with Gasteiger partial charge in [-0.25, -0.2) is 4.79 Å². The lowest BCUT2D eigenvalue weighted by Crippen LogP contribution is -2.60. The molecule has 1 saturated heterocycles. The molecule has 0 saturated carbocycles. The van der Waals surface area contributed by atoms with Gasteiger partial charge in [0.15, 0.2) is 6.29 Å². The first-order valence-electron chi connectivity index (χ1n) is 19.3. The largest absolute Gasteiger partial charge is 0.459 e. The van der Waals surface area contributed by atoms with E-state index in [2.05, 4.69) is 20.8 Å². The Hall–Kier alpha value is -1.79. The molecule has 14 heteroatoms. The predicted octanol–water partition coefficient (Wildman–Crippen LogP) is 1.36. The van der Waals surface area contributed by atoms with Gasteiger partial charge in [-0.1, -0.05) is 73.1 Å². The van der Waals surface area contributed by atoms with Crippen LogP contribution in [-0.4, -0.2) is 144 Å². The lowest BCUT2D eigenvalue weighted by molar-refractivity contribution is -0.317. The van der Waals surface area contributed by atoms with Crippen LogP contribution in [0, 0.1) is 35.5 Å². The van der Waals surface area contributed by atoms with E-state index in [1.165, 1.54) is 13.0 Å². The van der Waals surface area contributed by atoms with Crippen LogP contribution in [0.5, 0.6) is 0 Å². The summed E-state index contributed by atoms with van der Waals surface area (Å²) in [6.45, 7) is 17.0. The SMILES string of the molecule is CC[C@H](C)C[C@H](C)C[C@H](C)[C@@H](O[C@@H]1O[C@H](CO)[C@@H](O)[C@H](O)[C@@H]1O)[C@@H](C)/C=C(\C)[C@@H](O)[C@@H](C)/C=C(\C)[C@@H](O)[C@@H](C)/C=C(\C)C(=O)OC[C@H](O)[C@@H](O)[C@@H](O)CO. The second-order valence-electron chi connectivity index (χ2n) is 15.9. The van der Waals surface area contributed by atoms with Gasteiger partial charge in [0.05, 0.1) is 31.5 Å². The van der Waals surface area contributed by atoms with Crippen LogP contribution in [0.1, 0.15) is 88.5 Å². The highest BCUT2D eigenvalue weighted by Gasteiger charge is 2.45. The maximum absolute atomic E-state index is 12.5. The molecule has 0 aliphatic carbocycles. The van der Waals surface area contributed by atoms with E-state index in [9.17, 15) is 50.8 Å². The van der Waals surface area contributed by atoms with E-state index in [0.29, 0.717) is 23.0 Å². The Morgan fingerprint density at radius 3 is 1.78 bits per heavy atom. The van der Waals surface area contributed by atoms with Gasteiger partial charge in [-0.3, -0.25) is 0 Å². The average Bonchev–Trinajstić information content (AvgIpc) is 3.13. The normalized spacial score (nSPS) is 28.5. The molecule has 1 aliphatic rings. The second-order valence-corrected chi connectivity index (χ2v) is 15.9. The summed E-state index contributed by atoms with van der Waals surface area (Å²) in [6.07, 6.45) is -6.45. The van der Waals surface area contributed by atoms with E-state index < -0.39 is 105 Å². The standard InChI is InChI=1S/C40H72O14/c1-11-20(2)12-21(3)13-26(8)38(54-40-37(50)36(49)35(48)31(18-42)53-40)27(9)15-24(6)32(45)22(4)14-23(5)33(46)25(7)16-28(10)39(51)52-19-30(44)34(47)29(43)17-41/h14-16,20-22,25-27,29-38,40-50H,11-13,17-19H2,1-10H3/b23-14+,24-15+,28-16+/t20-,21-,22-,25-,26-,27-,29-,30-,31+,32-,33+,34-,35+,36-,37-,38+,40-/m0/s1. The minimum atomic E-state index is -1.71. The first-order chi connectivity index (χ1) is 25.1. The van der Waals surface area contributed by atoms with Crippen LogP contribution in [0.15, 0.2) is 34.9 Å². The maximum atomic E-state index is 12.5. The van der Waals surface area contributed by atoms with Crippen molar-refractivity contribution in [1.29, 1.82) is 0 Å². The van der Waals surface area contributed by atoms with Crippen LogP contribution < -0.4 is 0 Å². The zero-order chi connectivity index (χ0) is 41.6. The monoisotopic (exact) mass is 776 g/mol. The summed E-state index contributed by atoms with van der Waals surface area (Å²) < 4.78 is 17.1. The van der Waals surface area contributed by atoms with E-state index in [1.54, 1.807) is 33.8 Å². The third-order valence-corrected chi connectivity index (χ3v) is 10.7. The lowest BCUT2D eigenvalue weighted by atomic mass is 9.82. The number of hydrogen-bond acceptors (Lipinski definition) is 14. The highest BCUT2D eigenvalue weighted by molar-refractivity contribution is 5.87. The molecule has 0 spiro atoms. The number of carbonyl (C=O) groups is 1. The predicted molar refractivity (Wildman–Crippen MR) is 202 cm³/mol. The summed E-state index contributed by atoms with van der Waals surface area (Å²) in [5.74, 6) is -1.23. The van der Waals surface area contributed by atoms with Gasteiger partial charge in [-0.05, 0) is 62.5 Å². The number of esters is 1. The number of rotatable bonds is 23. The van der Waals surface area contributed by atoms with E-state index in [1.807, 2.05) is 19.9 Å². The Balaban J connectivity index is 3.13. The first kappa shape index (κ1) is 50.2. The number of carbonyl (C=O) groups excluding carboxylic acids is 1. The van der Waals surface area contributed by atoms with E-state index in [4.69, 9.17) is 19.3 Å². The quantitative estimate of drug-likeness (QED) is 0.0400. The lowest BCUT2D eigenvalue weighted by Gasteiger charge is -2.42. The summed E-state index contributed by atoms with van der Waals surface area (Å²) in [5, 5.41) is 102. The molecule has 0 radical (unpaired) electrons. The molecule has 0 bridgehead atoms. The van der Waals surface area contributed by atoms with Gasteiger partial charge in [0.25, 0.3) is 0 Å². The van der Waals surface area contributed by atoms with Crippen LogP contribution in [0.2, 0.25) is 0 Å². The molecule has 1 heterocycles. The first-order valence-corrected chi connectivity index (χ1v) is 19.3. The minimum absolute atomic E-state index is 0.0477. The summed E-state index contributed by atoms with van der Waals surface area (Å²) in [5.41, 5.74) is 1.33. The Labute approximate surface area is 321 Å². The average molecular weight is 777 g/mol. The van der Waals surface area contributed by atoms with Crippen molar-refractivity contribution in [2.75, 3.05) is 19.8 Å². The molecule has 1 fully saturated rings. The molecule has 1 aliphatic heterocycles. The fourth-order valence-electron chi connectivity index (χ4n) is 7.16. The van der Waals surface area contributed by atoms with Crippen molar-refractivity contribution in [1.82, 2.24) is 0 Å². The zero-order valence-electron chi connectivity index (χ0n) is 33.9. The molecule has 0 aromatic rings. The van der Waals surface area contributed by atoms with Crippen molar-refractivity contribution in [2.24, 2.45) is 35.5 Å². The second kappa shape index (κ2) is 24.1. The van der Waals surface area contributed by atoms with Crippen molar-refractivity contribution in [3.8, 4) is 0 Å². The van der Waals surface area contributed by atoms with Gasteiger partial charge >= 0.3 is 5.97 Å². The number of aliphatic hydroxyl groups excluding tert-OH is 10. The van der Waals surface area contributed by atoms with Gasteiger partial charge in [0, 0.05) is 23.3 Å². The molecule has 0 aromatic carbocycles. The summed E-state index contributed by atoms with van der Waals surface area (Å²) in [6, 6.07) is 0.